The van der Waals surface area contributed by atoms with Crippen LogP contribution in [0.1, 0.15) is 12.5 Å². The Hall–Kier alpha value is -5.84. The highest BCUT2D eigenvalue weighted by atomic mass is 16.7. The lowest BCUT2D eigenvalue weighted by Gasteiger charge is -2.46. The van der Waals surface area contributed by atoms with Gasteiger partial charge < -0.3 is 109 Å². The largest absolute Gasteiger partial charge is 0.507 e. The van der Waals surface area contributed by atoms with Crippen LogP contribution in [0.2, 0.25) is 0 Å². The number of methoxy groups -OCH3 is 2. The summed E-state index contributed by atoms with van der Waals surface area (Å²) in [5, 5.41) is 138. The summed E-state index contributed by atoms with van der Waals surface area (Å²) in [7, 11) is 2.53. The Bertz CT molecular complexity index is 2440. The number of carbonyl (C=O) groups excluding carboxylic acids is 1. The summed E-state index contributed by atoms with van der Waals surface area (Å²) in [5.41, 5.74) is 0.206. The molecule has 4 aromatic rings. The number of phenolic OH excluding ortho intramolecular Hbond substituents is 4. The number of rotatable bonds is 14. The van der Waals surface area contributed by atoms with E-state index in [9.17, 15) is 71.2 Å². The number of hydrogen-bond acceptors (Lipinski definition) is 23. The number of fused-ring (bicyclic) bond motifs is 1. The maximum Gasteiger partial charge on any atom is 0.402 e. The van der Waals surface area contributed by atoms with Crippen molar-refractivity contribution < 1.29 is 118 Å². The SMILES string of the molecule is COc1cc(C=CC(=O)O[C@@H]2[C@@H](O)[C@H](C)O[C@@H](O[C@H]3[C@H](O)[C@@H](O)[C@H](Oc4cc5c(O[C@@H]6O[C@H](CO)[C@@H](O)[C@H](O)[C@H]6O)cc(O)cc5[o+]c4-c4cc(O)c(O)c(OC)c4)O[C@@H]3CO)[C@@H]2O)ccc1O. The highest BCUT2D eigenvalue weighted by molar-refractivity contribution is 5.89. The van der Waals surface area contributed by atoms with Crippen LogP contribution in [0.3, 0.4) is 0 Å². The molecule has 0 radical (unpaired) electrons. The molecule has 68 heavy (non-hydrogen) atoms. The van der Waals surface area contributed by atoms with Crippen molar-refractivity contribution >= 4 is 23.0 Å². The molecule has 3 aliphatic rings. The number of aliphatic hydroxyl groups is 9. The quantitative estimate of drug-likeness (QED) is 0.0302. The van der Waals surface area contributed by atoms with E-state index < -0.39 is 129 Å². The summed E-state index contributed by atoms with van der Waals surface area (Å²) in [6.45, 7) is -0.332. The van der Waals surface area contributed by atoms with Gasteiger partial charge in [0.05, 0.1) is 45.2 Å². The third kappa shape index (κ3) is 10.1. The summed E-state index contributed by atoms with van der Waals surface area (Å²) in [4.78, 5) is 12.9. The van der Waals surface area contributed by atoms with E-state index in [1.54, 1.807) is 0 Å². The van der Waals surface area contributed by atoms with Crippen molar-refractivity contribution in [2.75, 3.05) is 27.4 Å². The molecule has 1 aromatic heterocycles. The minimum Gasteiger partial charge on any atom is -0.507 e. The molecule has 0 saturated carbocycles. The highest BCUT2D eigenvalue weighted by Crippen LogP contribution is 2.46. The van der Waals surface area contributed by atoms with E-state index in [1.165, 1.54) is 57.6 Å². The number of ether oxygens (including phenoxy) is 9. The maximum absolute atomic E-state index is 12.9. The van der Waals surface area contributed by atoms with E-state index in [0.29, 0.717) is 5.56 Å². The Labute approximate surface area is 384 Å². The van der Waals surface area contributed by atoms with Crippen LogP contribution in [-0.2, 0) is 28.5 Å². The number of phenols is 4. The zero-order chi connectivity index (χ0) is 49.3. The lowest BCUT2D eigenvalue weighted by Crippen LogP contribution is -2.65. The first-order chi connectivity index (χ1) is 32.4. The fourth-order valence-corrected chi connectivity index (χ4v) is 7.71. The Morgan fingerprint density at radius 1 is 0.647 bits per heavy atom. The predicted octanol–water partition coefficient (Wildman–Crippen LogP) is -1.31. The van der Waals surface area contributed by atoms with E-state index in [-0.39, 0.29) is 51.0 Å². The summed E-state index contributed by atoms with van der Waals surface area (Å²) < 4.78 is 56.6. The van der Waals surface area contributed by atoms with Crippen LogP contribution in [0, 0.1) is 0 Å². The van der Waals surface area contributed by atoms with Crippen molar-refractivity contribution in [1.29, 1.82) is 0 Å². The molecule has 3 fully saturated rings. The van der Waals surface area contributed by atoms with E-state index >= 15 is 0 Å². The van der Waals surface area contributed by atoms with Gasteiger partial charge in [0.2, 0.25) is 24.1 Å². The van der Waals surface area contributed by atoms with E-state index in [4.69, 9.17) is 47.0 Å². The molecular weight excluding hydrogens is 912 g/mol. The van der Waals surface area contributed by atoms with Gasteiger partial charge in [-0.15, -0.1) is 0 Å². The molecule has 3 aliphatic heterocycles. The molecule has 4 heterocycles. The van der Waals surface area contributed by atoms with Gasteiger partial charge in [-0.25, -0.2) is 9.21 Å². The molecule has 3 saturated heterocycles. The Kier molecular flexibility index (Phi) is 15.3. The second-order valence-electron chi connectivity index (χ2n) is 15.9. The van der Waals surface area contributed by atoms with Crippen LogP contribution < -0.4 is 18.9 Å². The lowest BCUT2D eigenvalue weighted by atomic mass is 9.97. The minimum absolute atomic E-state index is 0.0503. The third-order valence-electron chi connectivity index (χ3n) is 11.4. The van der Waals surface area contributed by atoms with Crippen LogP contribution in [0.25, 0.3) is 28.4 Å². The van der Waals surface area contributed by atoms with Crippen LogP contribution in [0.15, 0.2) is 59.0 Å². The fourth-order valence-electron chi connectivity index (χ4n) is 7.71. The Morgan fingerprint density at radius 2 is 1.31 bits per heavy atom. The highest BCUT2D eigenvalue weighted by Gasteiger charge is 2.52. The molecular formula is C44H51O24+. The molecule has 0 spiro atoms. The number of hydrogen-bond donors (Lipinski definition) is 13. The monoisotopic (exact) mass is 963 g/mol. The smallest absolute Gasteiger partial charge is 0.402 e. The third-order valence-corrected chi connectivity index (χ3v) is 11.4. The van der Waals surface area contributed by atoms with E-state index in [0.717, 1.165) is 24.3 Å². The first kappa shape index (κ1) is 50.0. The van der Waals surface area contributed by atoms with Crippen LogP contribution in [0.4, 0.5) is 0 Å². The Morgan fingerprint density at radius 3 is 1.99 bits per heavy atom. The summed E-state index contributed by atoms with van der Waals surface area (Å²) in [6.07, 6.45) is -23.7. The van der Waals surface area contributed by atoms with Crippen molar-refractivity contribution in [2.45, 2.75) is 99.0 Å². The van der Waals surface area contributed by atoms with Gasteiger partial charge in [-0.05, 0) is 30.7 Å². The standard InChI is InChI=1S/C44H50O24/c1-16-31(51)41(67-30(50)7-5-17-4-6-21(48)25(8-17)59-2)38(58)44(61-16)68-40-29(15-46)66-43(37(57)35(40)55)64-27-13-20-23(62-39(27)18-9-22(49)32(52)26(10-18)60-3)11-19(47)12-24(20)63-42-36(56)34(54)33(53)28(14-45)65-42/h4-13,16,28-29,31,33-38,40-46,51,53-58H,14-15H2,1-3H3,(H3-,47,48,49,50,52)/p+1/t16-,28+,29+,31-,33+,34-,35+,36+,37+,38+,40+,41+,42+,43+,44-/m0/s1. The number of benzene rings is 3. The van der Waals surface area contributed by atoms with Crippen LogP contribution in [-0.4, -0.2) is 192 Å². The van der Waals surface area contributed by atoms with Gasteiger partial charge in [-0.2, -0.15) is 0 Å². The zero-order valence-electron chi connectivity index (χ0n) is 36.2. The fraction of sp³-hybridized carbons (Fsp3) is 0.455. The molecule has 370 valence electrons. The van der Waals surface area contributed by atoms with Gasteiger partial charge in [-0.1, -0.05) is 6.07 Å². The average Bonchev–Trinajstić information content (AvgIpc) is 3.32. The maximum atomic E-state index is 12.9. The molecule has 7 rings (SSSR count). The molecule has 15 atom stereocenters. The molecule has 0 amide bonds. The second kappa shape index (κ2) is 20.8. The van der Waals surface area contributed by atoms with Crippen molar-refractivity contribution in [1.82, 2.24) is 0 Å². The van der Waals surface area contributed by atoms with Crippen LogP contribution in [0.5, 0.6) is 46.0 Å². The minimum atomic E-state index is -2.07. The van der Waals surface area contributed by atoms with Crippen molar-refractivity contribution in [3.05, 3.63) is 60.2 Å². The molecule has 0 bridgehead atoms. The van der Waals surface area contributed by atoms with Gasteiger partial charge in [0, 0.05) is 30.3 Å². The van der Waals surface area contributed by atoms with Gasteiger partial charge >= 0.3 is 17.3 Å². The van der Waals surface area contributed by atoms with Crippen LogP contribution >= 0.6 is 0 Å². The lowest BCUT2D eigenvalue weighted by molar-refractivity contribution is -0.349. The normalized spacial score (nSPS) is 31.9. The number of carbonyl (C=O) groups is 1. The van der Waals surface area contributed by atoms with Crippen molar-refractivity contribution in [3.63, 3.8) is 0 Å². The van der Waals surface area contributed by atoms with E-state index in [1.807, 2.05) is 0 Å². The van der Waals surface area contributed by atoms with Crippen molar-refractivity contribution in [3.8, 4) is 57.3 Å². The van der Waals surface area contributed by atoms with E-state index in [2.05, 4.69) is 0 Å². The number of esters is 1. The zero-order valence-corrected chi connectivity index (χ0v) is 36.2. The van der Waals surface area contributed by atoms with Gasteiger partial charge in [0.15, 0.2) is 35.4 Å². The molecule has 24 nitrogen and oxygen atoms in total. The molecule has 13 N–H and O–H groups in total. The Balaban J connectivity index is 1.16. The average molecular weight is 964 g/mol. The van der Waals surface area contributed by atoms with Gasteiger partial charge in [-0.3, -0.25) is 0 Å². The molecule has 3 aromatic carbocycles. The predicted molar refractivity (Wildman–Crippen MR) is 225 cm³/mol. The number of aromatic hydroxyl groups is 4. The first-order valence-electron chi connectivity index (χ1n) is 20.8. The summed E-state index contributed by atoms with van der Waals surface area (Å²) in [6, 6.07) is 9.90. The molecule has 0 aliphatic carbocycles. The summed E-state index contributed by atoms with van der Waals surface area (Å²) in [5.74, 6) is -4.05. The van der Waals surface area contributed by atoms with Crippen molar-refractivity contribution in [2.24, 2.45) is 0 Å². The first-order valence-corrected chi connectivity index (χ1v) is 20.8. The van der Waals surface area contributed by atoms with Gasteiger partial charge in [0.1, 0.15) is 77.9 Å². The van der Waals surface area contributed by atoms with Gasteiger partial charge in [0.25, 0.3) is 0 Å². The number of aliphatic hydroxyl groups excluding tert-OH is 9. The summed E-state index contributed by atoms with van der Waals surface area (Å²) >= 11 is 0. The molecule has 24 heteroatoms. The second-order valence-corrected chi connectivity index (χ2v) is 15.9. The topological polar surface area (TPSA) is 374 Å². The molecule has 0 unspecified atom stereocenters.